The lowest BCUT2D eigenvalue weighted by molar-refractivity contribution is 0.0525. The molecule has 0 fully saturated rings. The highest BCUT2D eigenvalue weighted by molar-refractivity contribution is 9.10. The van der Waals surface area contributed by atoms with E-state index in [0.717, 1.165) is 6.07 Å². The van der Waals surface area contributed by atoms with Crippen LogP contribution in [0.1, 0.15) is 29.4 Å². The van der Waals surface area contributed by atoms with Gasteiger partial charge in [-0.05, 0) is 35.0 Å². The van der Waals surface area contributed by atoms with Crippen molar-refractivity contribution in [3.8, 4) is 0 Å². The highest BCUT2D eigenvalue weighted by Crippen LogP contribution is 2.21. The topological polar surface area (TPSA) is 39.2 Å². The number of carbonyl (C=O) groups excluding carboxylic acids is 1. The Bertz CT molecular complexity index is 371. The molecule has 0 atom stereocenters. The molecule has 82 valence electrons. The first kappa shape index (κ1) is 12.0. The Balaban J connectivity index is 3.03. The fourth-order valence-corrected chi connectivity index (χ4v) is 1.41. The molecule has 3 nitrogen and oxygen atoms in total. The van der Waals surface area contributed by atoms with Gasteiger partial charge in [0.15, 0.2) is 0 Å². The first-order chi connectivity index (χ1) is 7.04. The van der Waals surface area contributed by atoms with Crippen molar-refractivity contribution in [2.75, 3.05) is 6.61 Å². The van der Waals surface area contributed by atoms with E-state index in [4.69, 9.17) is 0 Å². The zero-order valence-corrected chi connectivity index (χ0v) is 9.42. The molecule has 0 saturated heterocycles. The third kappa shape index (κ3) is 3.23. The maximum atomic E-state index is 12.3. The fraction of sp³-hybridized carbons (Fsp3) is 0.333. The van der Waals surface area contributed by atoms with Gasteiger partial charge in [-0.1, -0.05) is 0 Å². The Morgan fingerprint density at radius 1 is 1.60 bits per heavy atom. The van der Waals surface area contributed by atoms with Crippen molar-refractivity contribution in [1.82, 2.24) is 4.98 Å². The number of ether oxygens (including phenoxy) is 1. The third-order valence-corrected chi connectivity index (χ3v) is 1.95. The van der Waals surface area contributed by atoms with Gasteiger partial charge in [-0.3, -0.25) is 0 Å². The molecule has 15 heavy (non-hydrogen) atoms. The van der Waals surface area contributed by atoms with Crippen LogP contribution in [-0.4, -0.2) is 17.6 Å². The summed E-state index contributed by atoms with van der Waals surface area (Å²) in [6.45, 7) is 1.84. The summed E-state index contributed by atoms with van der Waals surface area (Å²) in [5.41, 5.74) is -0.388. The summed E-state index contributed by atoms with van der Waals surface area (Å²) in [6, 6.07) is 2.36. The van der Waals surface area contributed by atoms with E-state index in [9.17, 15) is 13.6 Å². The van der Waals surface area contributed by atoms with E-state index in [1.165, 1.54) is 6.07 Å². The number of pyridine rings is 1. The Morgan fingerprint density at radius 2 is 2.27 bits per heavy atom. The van der Waals surface area contributed by atoms with E-state index in [2.05, 4.69) is 25.7 Å². The van der Waals surface area contributed by atoms with Gasteiger partial charge in [-0.15, -0.1) is 0 Å². The predicted molar refractivity (Wildman–Crippen MR) is 52.9 cm³/mol. The second-order valence-corrected chi connectivity index (χ2v) is 3.44. The van der Waals surface area contributed by atoms with Crippen LogP contribution in [-0.2, 0) is 4.74 Å². The lowest BCUT2D eigenvalue weighted by Gasteiger charge is -2.04. The lowest BCUT2D eigenvalue weighted by atomic mass is 10.2. The highest BCUT2D eigenvalue weighted by atomic mass is 79.9. The molecule has 0 amide bonds. The summed E-state index contributed by atoms with van der Waals surface area (Å²) in [6.07, 6.45) is -2.71. The van der Waals surface area contributed by atoms with E-state index < -0.39 is 18.1 Å². The molecule has 0 aliphatic carbocycles. The van der Waals surface area contributed by atoms with Crippen molar-refractivity contribution in [3.63, 3.8) is 0 Å². The van der Waals surface area contributed by atoms with Crippen molar-refractivity contribution >= 4 is 21.9 Å². The molecular weight excluding hydrogens is 272 g/mol. The summed E-state index contributed by atoms with van der Waals surface area (Å²) in [5, 5.41) is 0. The molecule has 0 bridgehead atoms. The number of rotatable bonds is 3. The molecule has 0 unspecified atom stereocenters. The van der Waals surface area contributed by atoms with E-state index in [1.54, 1.807) is 6.92 Å². The van der Waals surface area contributed by atoms with Crippen LogP contribution in [0.15, 0.2) is 16.7 Å². The number of nitrogens with zero attached hydrogens (tertiary/aromatic N) is 1. The van der Waals surface area contributed by atoms with Gasteiger partial charge < -0.3 is 4.74 Å². The second-order valence-electron chi connectivity index (χ2n) is 2.62. The minimum absolute atomic E-state index is 0.0639. The van der Waals surface area contributed by atoms with Crippen LogP contribution in [0.25, 0.3) is 0 Å². The van der Waals surface area contributed by atoms with E-state index in [1.807, 2.05) is 0 Å². The number of carbonyl (C=O) groups is 1. The molecule has 1 aromatic rings. The second kappa shape index (κ2) is 5.16. The largest absolute Gasteiger partial charge is 0.462 e. The Morgan fingerprint density at radius 3 is 2.80 bits per heavy atom. The fourth-order valence-electron chi connectivity index (χ4n) is 0.961. The average molecular weight is 280 g/mol. The molecular formula is C9H8BrF2NO2. The molecule has 1 heterocycles. The smallest absolute Gasteiger partial charge is 0.338 e. The van der Waals surface area contributed by atoms with Gasteiger partial charge in [0.1, 0.15) is 10.3 Å². The van der Waals surface area contributed by atoms with E-state index in [0.29, 0.717) is 0 Å². The molecule has 0 radical (unpaired) electrons. The summed E-state index contributed by atoms with van der Waals surface area (Å²) in [4.78, 5) is 14.8. The Hall–Kier alpha value is -1.04. The van der Waals surface area contributed by atoms with Crippen LogP contribution in [0, 0.1) is 0 Å². The first-order valence-corrected chi connectivity index (χ1v) is 4.96. The minimum Gasteiger partial charge on any atom is -0.462 e. The van der Waals surface area contributed by atoms with Gasteiger partial charge in [-0.2, -0.15) is 0 Å². The van der Waals surface area contributed by atoms with Crippen LogP contribution in [0.5, 0.6) is 0 Å². The Kier molecular flexibility index (Phi) is 4.14. The standard InChI is InChI=1S/C9H8BrF2NO2/c1-2-15-9(14)5-3-6(8(11)12)13-7(10)4-5/h3-4,8H,2H2,1H3. The van der Waals surface area contributed by atoms with Crippen molar-refractivity contribution in [1.29, 1.82) is 0 Å². The average Bonchev–Trinajstić information content (AvgIpc) is 2.17. The summed E-state index contributed by atoms with van der Waals surface area (Å²) >= 11 is 2.95. The van der Waals surface area contributed by atoms with Crippen LogP contribution < -0.4 is 0 Å². The number of aromatic nitrogens is 1. The van der Waals surface area contributed by atoms with Gasteiger partial charge in [0.05, 0.1) is 12.2 Å². The van der Waals surface area contributed by atoms with Gasteiger partial charge in [0.25, 0.3) is 6.43 Å². The van der Waals surface area contributed by atoms with Crippen molar-refractivity contribution < 1.29 is 18.3 Å². The molecule has 0 aliphatic rings. The maximum Gasteiger partial charge on any atom is 0.338 e. The van der Waals surface area contributed by atoms with Crippen LogP contribution in [0.3, 0.4) is 0 Å². The summed E-state index contributed by atoms with van der Waals surface area (Å²) < 4.78 is 29.6. The summed E-state index contributed by atoms with van der Waals surface area (Å²) in [5.74, 6) is -0.637. The number of alkyl halides is 2. The molecule has 1 aromatic heterocycles. The molecule has 0 aromatic carbocycles. The number of hydrogen-bond donors (Lipinski definition) is 0. The van der Waals surface area contributed by atoms with Crippen LogP contribution in [0.2, 0.25) is 0 Å². The number of hydrogen-bond acceptors (Lipinski definition) is 3. The van der Waals surface area contributed by atoms with Gasteiger partial charge >= 0.3 is 5.97 Å². The van der Waals surface area contributed by atoms with Crippen molar-refractivity contribution in [2.24, 2.45) is 0 Å². The van der Waals surface area contributed by atoms with Crippen LogP contribution >= 0.6 is 15.9 Å². The Labute approximate surface area is 93.6 Å². The SMILES string of the molecule is CCOC(=O)c1cc(Br)nc(C(F)F)c1. The van der Waals surface area contributed by atoms with Crippen molar-refractivity contribution in [3.05, 3.63) is 28.0 Å². The van der Waals surface area contributed by atoms with Gasteiger partial charge in [0.2, 0.25) is 0 Å². The first-order valence-electron chi connectivity index (χ1n) is 4.17. The third-order valence-electron chi connectivity index (χ3n) is 1.55. The molecule has 1 rings (SSSR count). The molecule has 6 heteroatoms. The zero-order chi connectivity index (χ0) is 11.4. The quantitative estimate of drug-likeness (QED) is 0.631. The normalized spacial score (nSPS) is 10.5. The predicted octanol–water partition coefficient (Wildman–Crippen LogP) is 2.96. The number of esters is 1. The monoisotopic (exact) mass is 279 g/mol. The molecule has 0 aliphatic heterocycles. The van der Waals surface area contributed by atoms with E-state index >= 15 is 0 Å². The van der Waals surface area contributed by atoms with Gasteiger partial charge in [0, 0.05) is 0 Å². The van der Waals surface area contributed by atoms with Crippen LogP contribution in [0.4, 0.5) is 8.78 Å². The van der Waals surface area contributed by atoms with Gasteiger partial charge in [-0.25, -0.2) is 18.6 Å². The lowest BCUT2D eigenvalue weighted by Crippen LogP contribution is -2.06. The molecule has 0 saturated carbocycles. The van der Waals surface area contributed by atoms with Crippen molar-refractivity contribution in [2.45, 2.75) is 13.3 Å². The maximum absolute atomic E-state index is 12.3. The summed E-state index contributed by atoms with van der Waals surface area (Å²) in [7, 11) is 0. The van der Waals surface area contributed by atoms with E-state index in [-0.39, 0.29) is 16.8 Å². The number of halogens is 3. The minimum atomic E-state index is -2.71. The molecule has 0 N–H and O–H groups in total. The highest BCUT2D eigenvalue weighted by Gasteiger charge is 2.15. The molecule has 0 spiro atoms. The zero-order valence-electron chi connectivity index (χ0n) is 7.84.